The molecule has 2 aromatic rings. The molecule has 3 atom stereocenters. The summed E-state index contributed by atoms with van der Waals surface area (Å²) < 4.78 is 40.7. The van der Waals surface area contributed by atoms with Gasteiger partial charge in [-0.3, -0.25) is 23.4 Å². The minimum Gasteiger partial charge on any atom is -0.464 e. The van der Waals surface area contributed by atoms with E-state index >= 15 is 0 Å². The molecule has 0 aliphatic carbocycles. The fourth-order valence-corrected chi connectivity index (χ4v) is 3.87. The molecule has 1 aromatic carbocycles. The molecule has 0 radical (unpaired) electrons. The van der Waals surface area contributed by atoms with Crippen LogP contribution in [0.5, 0.6) is 5.75 Å². The highest BCUT2D eigenvalue weighted by atomic mass is 31.2. The second kappa shape index (κ2) is 10.6. The minimum atomic E-state index is -4.22. The summed E-state index contributed by atoms with van der Waals surface area (Å²) in [6.45, 7) is 2.44. The molecular formula is C20H23N2O9P. The Hall–Kier alpha value is -2.98. The standard InChI is InChI=1S/C20H23N2O9P/c1-3-27-18(23)13-29-32(26,31-15-7-5-4-6-8-15)28-12-16-9-10-17(30-16)22-11-14(2)19(24)21-20(22)25/h4-11,16-17H,3,12-13H2,1-2H3,(H,21,24,25)/t16-,17+,32?/m0/s1. The van der Waals surface area contributed by atoms with Gasteiger partial charge >= 0.3 is 19.5 Å². The molecular weight excluding hydrogens is 443 g/mol. The van der Waals surface area contributed by atoms with E-state index in [4.69, 9.17) is 23.0 Å². The van der Waals surface area contributed by atoms with E-state index in [-0.39, 0.29) is 19.0 Å². The van der Waals surface area contributed by atoms with Gasteiger partial charge in [0, 0.05) is 11.8 Å². The van der Waals surface area contributed by atoms with E-state index < -0.39 is 44.0 Å². The van der Waals surface area contributed by atoms with Crippen molar-refractivity contribution in [2.75, 3.05) is 19.8 Å². The molecule has 2 heterocycles. The number of carbonyl (C=O) groups excluding carboxylic acids is 1. The van der Waals surface area contributed by atoms with Gasteiger partial charge < -0.3 is 14.0 Å². The lowest BCUT2D eigenvalue weighted by Crippen LogP contribution is -2.33. The van der Waals surface area contributed by atoms with E-state index in [0.29, 0.717) is 5.56 Å². The van der Waals surface area contributed by atoms with Crippen molar-refractivity contribution in [3.05, 3.63) is 75.1 Å². The van der Waals surface area contributed by atoms with Gasteiger partial charge in [-0.15, -0.1) is 0 Å². The Labute approximate surface area is 183 Å². The van der Waals surface area contributed by atoms with Gasteiger partial charge in [-0.1, -0.05) is 24.3 Å². The highest BCUT2D eigenvalue weighted by Crippen LogP contribution is 2.49. The van der Waals surface area contributed by atoms with Crippen molar-refractivity contribution in [3.8, 4) is 5.75 Å². The number of phosphoric ester groups is 1. The first kappa shape index (κ1) is 23.7. The molecule has 0 amide bonds. The third-order valence-electron chi connectivity index (χ3n) is 4.23. The van der Waals surface area contributed by atoms with Crippen LogP contribution in [0.4, 0.5) is 0 Å². The van der Waals surface area contributed by atoms with E-state index in [1.807, 2.05) is 0 Å². The highest BCUT2D eigenvalue weighted by Gasteiger charge is 2.33. The second-order valence-corrected chi connectivity index (χ2v) is 8.25. The summed E-state index contributed by atoms with van der Waals surface area (Å²) in [7, 11) is -4.22. The van der Waals surface area contributed by atoms with E-state index in [1.165, 1.54) is 10.8 Å². The second-order valence-electron chi connectivity index (χ2n) is 6.65. The fraction of sp³-hybridized carbons (Fsp3) is 0.350. The van der Waals surface area contributed by atoms with Crippen molar-refractivity contribution in [3.63, 3.8) is 0 Å². The van der Waals surface area contributed by atoms with E-state index in [0.717, 1.165) is 0 Å². The SMILES string of the molecule is CCOC(=O)COP(=O)(OC[C@@H]1C=C[C@H](n2cc(C)c(=O)[nH]c2=O)O1)Oc1ccccc1. The molecule has 0 saturated heterocycles. The Morgan fingerprint density at radius 1 is 1.19 bits per heavy atom. The Morgan fingerprint density at radius 2 is 1.94 bits per heavy atom. The number of nitrogens with zero attached hydrogens (tertiary/aromatic N) is 1. The highest BCUT2D eigenvalue weighted by molar-refractivity contribution is 7.49. The molecule has 3 rings (SSSR count). The molecule has 172 valence electrons. The van der Waals surface area contributed by atoms with Gasteiger partial charge in [-0.2, -0.15) is 0 Å². The lowest BCUT2D eigenvalue weighted by Gasteiger charge is -2.21. The average Bonchev–Trinajstić information content (AvgIpc) is 3.23. The quantitative estimate of drug-likeness (QED) is 0.317. The molecule has 0 saturated carbocycles. The Kier molecular flexibility index (Phi) is 7.81. The Bertz CT molecular complexity index is 1130. The van der Waals surface area contributed by atoms with Gasteiger partial charge in [-0.25, -0.2) is 14.2 Å². The third-order valence-corrected chi connectivity index (χ3v) is 5.57. The monoisotopic (exact) mass is 466 g/mol. The molecule has 1 aliphatic heterocycles. The summed E-state index contributed by atoms with van der Waals surface area (Å²) in [4.78, 5) is 37.4. The summed E-state index contributed by atoms with van der Waals surface area (Å²) in [5.74, 6) is -0.506. The lowest BCUT2D eigenvalue weighted by atomic mass is 10.3. The van der Waals surface area contributed by atoms with Gasteiger partial charge in [0.15, 0.2) is 12.8 Å². The number of H-pyrrole nitrogens is 1. The molecule has 0 spiro atoms. The number of esters is 1. The summed E-state index contributed by atoms with van der Waals surface area (Å²) in [6, 6.07) is 8.19. The number of phosphoric acid groups is 1. The number of aromatic nitrogens is 2. The zero-order chi connectivity index (χ0) is 23.1. The molecule has 12 heteroatoms. The predicted octanol–water partition coefficient (Wildman–Crippen LogP) is 2.08. The van der Waals surface area contributed by atoms with Crippen LogP contribution in [0.25, 0.3) is 0 Å². The normalized spacial score (nSPS) is 19.4. The molecule has 1 aromatic heterocycles. The van der Waals surface area contributed by atoms with Crippen LogP contribution in [0.2, 0.25) is 0 Å². The van der Waals surface area contributed by atoms with Crippen LogP contribution in [0.15, 0.2) is 58.3 Å². The molecule has 0 fully saturated rings. The number of hydrogen-bond donors (Lipinski definition) is 1. The van der Waals surface area contributed by atoms with Gasteiger partial charge in [0.2, 0.25) is 0 Å². The van der Waals surface area contributed by atoms with E-state index in [1.54, 1.807) is 56.3 Å². The van der Waals surface area contributed by atoms with Crippen molar-refractivity contribution in [1.82, 2.24) is 9.55 Å². The Morgan fingerprint density at radius 3 is 2.66 bits per heavy atom. The maximum absolute atomic E-state index is 13.1. The van der Waals surface area contributed by atoms with Crippen LogP contribution < -0.4 is 15.8 Å². The van der Waals surface area contributed by atoms with Crippen LogP contribution in [-0.2, 0) is 27.9 Å². The van der Waals surface area contributed by atoms with Crippen LogP contribution in [0.3, 0.4) is 0 Å². The van der Waals surface area contributed by atoms with Crippen molar-refractivity contribution in [2.45, 2.75) is 26.2 Å². The lowest BCUT2D eigenvalue weighted by molar-refractivity contribution is -0.146. The number of hydrogen-bond acceptors (Lipinski definition) is 9. The zero-order valence-electron chi connectivity index (χ0n) is 17.5. The molecule has 32 heavy (non-hydrogen) atoms. The molecule has 1 N–H and O–H groups in total. The molecule has 11 nitrogen and oxygen atoms in total. The van der Waals surface area contributed by atoms with E-state index in [9.17, 15) is 18.9 Å². The topological polar surface area (TPSA) is 135 Å². The maximum Gasteiger partial charge on any atom is 0.530 e. The van der Waals surface area contributed by atoms with Gasteiger partial charge in [0.05, 0.1) is 13.2 Å². The smallest absolute Gasteiger partial charge is 0.464 e. The largest absolute Gasteiger partial charge is 0.530 e. The van der Waals surface area contributed by atoms with Crippen LogP contribution >= 0.6 is 7.82 Å². The fourth-order valence-electron chi connectivity index (χ4n) is 2.72. The number of ether oxygens (including phenoxy) is 2. The van der Waals surface area contributed by atoms with Crippen molar-refractivity contribution < 1.29 is 32.4 Å². The summed E-state index contributed by atoms with van der Waals surface area (Å²) in [6.07, 6.45) is 3.09. The first-order valence-electron chi connectivity index (χ1n) is 9.75. The summed E-state index contributed by atoms with van der Waals surface area (Å²) >= 11 is 0. The first-order chi connectivity index (χ1) is 15.3. The maximum atomic E-state index is 13.1. The van der Waals surface area contributed by atoms with Gasteiger partial charge in [0.25, 0.3) is 5.56 Å². The Balaban J connectivity index is 1.65. The van der Waals surface area contributed by atoms with Crippen molar-refractivity contribution >= 4 is 13.8 Å². The first-order valence-corrected chi connectivity index (χ1v) is 11.2. The van der Waals surface area contributed by atoms with Crippen LogP contribution in [-0.4, -0.2) is 41.4 Å². The molecule has 0 bridgehead atoms. The number of rotatable bonds is 10. The minimum absolute atomic E-state index is 0.137. The average molecular weight is 466 g/mol. The van der Waals surface area contributed by atoms with Gasteiger partial charge in [0.1, 0.15) is 11.9 Å². The van der Waals surface area contributed by atoms with Crippen molar-refractivity contribution in [1.29, 1.82) is 0 Å². The van der Waals surface area contributed by atoms with Crippen LogP contribution in [0.1, 0.15) is 18.7 Å². The zero-order valence-corrected chi connectivity index (χ0v) is 18.4. The third kappa shape index (κ3) is 6.27. The summed E-state index contributed by atoms with van der Waals surface area (Å²) in [5.41, 5.74) is -0.770. The number of para-hydroxylation sites is 1. The number of aromatic amines is 1. The number of nitrogens with one attached hydrogen (secondary N) is 1. The molecule has 1 aliphatic rings. The number of carbonyl (C=O) groups is 1. The van der Waals surface area contributed by atoms with Crippen LogP contribution in [0, 0.1) is 6.92 Å². The number of benzene rings is 1. The predicted molar refractivity (Wildman–Crippen MR) is 112 cm³/mol. The van der Waals surface area contributed by atoms with E-state index in [2.05, 4.69) is 4.98 Å². The van der Waals surface area contributed by atoms with Crippen molar-refractivity contribution in [2.24, 2.45) is 0 Å². The number of aryl methyl sites for hydroxylation is 1. The van der Waals surface area contributed by atoms with Gasteiger partial charge in [-0.05, 0) is 32.1 Å². The summed E-state index contributed by atoms with van der Waals surface area (Å²) in [5, 5.41) is 0. The molecule has 1 unspecified atom stereocenters.